The number of carbonyl (C=O) groups is 1. The van der Waals surface area contributed by atoms with Crippen LogP contribution in [0, 0.1) is 5.92 Å². The zero-order valence-corrected chi connectivity index (χ0v) is 10.3. The van der Waals surface area contributed by atoms with Gasteiger partial charge in [-0.25, -0.2) is 0 Å². The minimum atomic E-state index is 0.124. The highest BCUT2D eigenvalue weighted by molar-refractivity contribution is 6.20. The molecule has 1 nitrogen and oxygen atoms in total. The lowest BCUT2D eigenvalue weighted by molar-refractivity contribution is 0.102. The van der Waals surface area contributed by atoms with Crippen molar-refractivity contribution in [3.05, 3.63) is 81.6 Å². The van der Waals surface area contributed by atoms with Crippen LogP contribution in [-0.2, 0) is 0 Å². The van der Waals surface area contributed by atoms with Gasteiger partial charge in [-0.05, 0) is 24.3 Å². The molecule has 0 aromatic heterocycles. The predicted octanol–water partition coefficient (Wildman–Crippen LogP) is 2.12. The first-order valence-electron chi connectivity index (χ1n) is 6.34. The first-order chi connectivity index (χ1) is 9.33. The topological polar surface area (TPSA) is 17.1 Å². The van der Waals surface area contributed by atoms with Gasteiger partial charge in [-0.15, -0.1) is 0 Å². The van der Waals surface area contributed by atoms with Gasteiger partial charge in [0, 0.05) is 28.7 Å². The number of Topliss-reactive ketones (excluding diaryl/α,β-unsaturated/α-hetero) is 1. The zero-order valence-electron chi connectivity index (χ0n) is 10.3. The summed E-state index contributed by atoms with van der Waals surface area (Å²) in [5.41, 5.74) is 2.82. The summed E-state index contributed by atoms with van der Waals surface area (Å²) >= 11 is 0. The lowest BCUT2D eigenvalue weighted by atomic mass is 9.79. The summed E-state index contributed by atoms with van der Waals surface area (Å²) in [6.45, 7) is 0. The molecule has 0 saturated heterocycles. The van der Waals surface area contributed by atoms with Crippen molar-refractivity contribution >= 4 is 24.0 Å². The molecular weight excluding hydrogens is 232 g/mol. The molecule has 0 radical (unpaired) electrons. The molecule has 2 aliphatic rings. The van der Waals surface area contributed by atoms with E-state index in [1.54, 1.807) is 0 Å². The minimum Gasteiger partial charge on any atom is -0.270 e. The van der Waals surface area contributed by atoms with Gasteiger partial charge in [-0.2, -0.15) is 0 Å². The number of carbonyl (C=O) groups excluding carboxylic acids is 1. The second kappa shape index (κ2) is 3.72. The van der Waals surface area contributed by atoms with Crippen LogP contribution in [0.3, 0.4) is 0 Å². The normalized spacial score (nSPS) is 15.5. The Balaban J connectivity index is 2.03. The third-order valence-electron chi connectivity index (χ3n) is 3.68. The third-order valence-corrected chi connectivity index (χ3v) is 3.68. The number of fused-ring (bicyclic) bond motifs is 3. The molecular formula is C18H11O+. The van der Waals surface area contributed by atoms with E-state index in [-0.39, 0.29) is 5.78 Å². The van der Waals surface area contributed by atoms with E-state index in [1.807, 2.05) is 48.5 Å². The van der Waals surface area contributed by atoms with Gasteiger partial charge < -0.3 is 0 Å². The number of allylic oxidation sites excluding steroid dienone is 1. The largest absolute Gasteiger partial charge is 0.270 e. The van der Waals surface area contributed by atoms with Crippen molar-refractivity contribution < 1.29 is 4.79 Å². The Hall–Kier alpha value is -2.54. The van der Waals surface area contributed by atoms with Gasteiger partial charge in [-0.1, -0.05) is 24.3 Å². The van der Waals surface area contributed by atoms with Crippen LogP contribution < -0.4 is 10.4 Å². The van der Waals surface area contributed by atoms with Gasteiger partial charge in [0.25, 0.3) is 5.78 Å². The molecule has 19 heavy (non-hydrogen) atoms. The number of rotatable bonds is 0. The number of hydrogen-bond donors (Lipinski definition) is 0. The highest BCUT2D eigenvalue weighted by atomic mass is 16.1. The summed E-state index contributed by atoms with van der Waals surface area (Å²) in [4.78, 5) is 12.5. The lowest BCUT2D eigenvalue weighted by Crippen LogP contribution is -2.32. The first kappa shape index (κ1) is 10.4. The van der Waals surface area contributed by atoms with Crippen LogP contribution in [0.1, 0.15) is 15.9 Å². The fourth-order valence-corrected chi connectivity index (χ4v) is 2.72. The van der Waals surface area contributed by atoms with Crippen LogP contribution in [0.2, 0.25) is 0 Å². The summed E-state index contributed by atoms with van der Waals surface area (Å²) in [7, 11) is 0. The predicted molar refractivity (Wildman–Crippen MR) is 76.6 cm³/mol. The van der Waals surface area contributed by atoms with Crippen LogP contribution >= 0.6 is 0 Å². The van der Waals surface area contributed by atoms with E-state index in [4.69, 9.17) is 0 Å². The van der Waals surface area contributed by atoms with E-state index in [0.717, 1.165) is 27.8 Å². The molecule has 2 aliphatic carbocycles. The highest BCUT2D eigenvalue weighted by Crippen LogP contribution is 2.32. The molecule has 0 bridgehead atoms. The van der Waals surface area contributed by atoms with Crippen molar-refractivity contribution in [2.75, 3.05) is 0 Å². The Morgan fingerprint density at radius 1 is 0.789 bits per heavy atom. The summed E-state index contributed by atoms with van der Waals surface area (Å²) in [6, 6.07) is 15.9. The molecule has 88 valence electrons. The molecule has 0 heterocycles. The molecule has 0 unspecified atom stereocenters. The molecule has 2 aromatic carbocycles. The maximum Gasteiger partial charge on any atom is 0.259 e. The Labute approximate surface area is 111 Å². The second-order valence-electron chi connectivity index (χ2n) is 4.85. The molecule has 1 heteroatoms. The zero-order chi connectivity index (χ0) is 12.8. The smallest absolute Gasteiger partial charge is 0.259 e. The van der Waals surface area contributed by atoms with Crippen molar-refractivity contribution in [1.29, 1.82) is 0 Å². The molecule has 0 N–H and O–H groups in total. The Morgan fingerprint density at radius 2 is 1.53 bits per heavy atom. The quantitative estimate of drug-likeness (QED) is 0.648. The molecule has 0 saturated carbocycles. The number of hydrogen-bond acceptors (Lipinski definition) is 1. The monoisotopic (exact) mass is 243 g/mol. The maximum absolute atomic E-state index is 12.5. The number of ketones is 1. The fraction of sp³-hybridized carbons (Fsp3) is 0. The van der Waals surface area contributed by atoms with Gasteiger partial charge in [-0.3, -0.25) is 4.79 Å². The van der Waals surface area contributed by atoms with E-state index in [2.05, 4.69) is 18.2 Å². The van der Waals surface area contributed by atoms with E-state index >= 15 is 0 Å². The minimum absolute atomic E-state index is 0.124. The van der Waals surface area contributed by atoms with Gasteiger partial charge in [0.1, 0.15) is 5.92 Å². The highest BCUT2D eigenvalue weighted by Gasteiger charge is 2.34. The lowest BCUT2D eigenvalue weighted by Gasteiger charge is -2.15. The standard InChI is InChI=1S/C18H11O/c19-18-16-8-4-3-7-14(16)10-15-9-12-5-1-2-6-13(12)11-17(15)18/h1-11H/q+1. The molecule has 0 atom stereocenters. The molecule has 0 spiro atoms. The van der Waals surface area contributed by atoms with Gasteiger partial charge in [0.05, 0.1) is 16.7 Å². The summed E-state index contributed by atoms with van der Waals surface area (Å²) in [5.74, 6) is 0.927. The Kier molecular flexibility index (Phi) is 2.04. The number of benzene rings is 2. The molecule has 0 aliphatic heterocycles. The van der Waals surface area contributed by atoms with Gasteiger partial charge >= 0.3 is 0 Å². The summed E-state index contributed by atoms with van der Waals surface area (Å²) < 4.78 is 0. The van der Waals surface area contributed by atoms with Crippen LogP contribution in [-0.4, -0.2) is 5.78 Å². The maximum atomic E-state index is 12.5. The SMILES string of the molecule is O=C1c2ccccc2C=C2C=c3ccccc3=C[C+]12. The summed E-state index contributed by atoms with van der Waals surface area (Å²) in [6.07, 6.45) is 6.19. The van der Waals surface area contributed by atoms with Crippen molar-refractivity contribution in [3.63, 3.8) is 0 Å². The Bertz CT molecular complexity index is 840. The molecule has 4 rings (SSSR count). The van der Waals surface area contributed by atoms with Gasteiger partial charge in [0.2, 0.25) is 0 Å². The van der Waals surface area contributed by atoms with Crippen LogP contribution in [0.15, 0.2) is 54.1 Å². The van der Waals surface area contributed by atoms with Crippen LogP contribution in [0.4, 0.5) is 0 Å². The average molecular weight is 243 g/mol. The van der Waals surface area contributed by atoms with Crippen molar-refractivity contribution in [1.82, 2.24) is 0 Å². The fourth-order valence-electron chi connectivity index (χ4n) is 2.72. The average Bonchev–Trinajstić information content (AvgIpc) is 2.46. The van der Waals surface area contributed by atoms with Crippen molar-refractivity contribution in [2.24, 2.45) is 0 Å². The van der Waals surface area contributed by atoms with E-state index in [1.165, 1.54) is 5.22 Å². The molecule has 0 fully saturated rings. The van der Waals surface area contributed by atoms with Crippen LogP contribution in [0.5, 0.6) is 0 Å². The second-order valence-corrected chi connectivity index (χ2v) is 4.85. The van der Waals surface area contributed by atoms with E-state index < -0.39 is 0 Å². The molecule has 2 aromatic rings. The van der Waals surface area contributed by atoms with E-state index in [0.29, 0.717) is 0 Å². The molecule has 0 amide bonds. The summed E-state index contributed by atoms with van der Waals surface area (Å²) in [5, 5.41) is 2.28. The Morgan fingerprint density at radius 3 is 2.42 bits per heavy atom. The van der Waals surface area contributed by atoms with Crippen molar-refractivity contribution in [2.45, 2.75) is 0 Å². The van der Waals surface area contributed by atoms with Crippen LogP contribution in [0.25, 0.3) is 18.2 Å². The van der Waals surface area contributed by atoms with Gasteiger partial charge in [0.15, 0.2) is 0 Å². The van der Waals surface area contributed by atoms with Crippen molar-refractivity contribution in [3.8, 4) is 0 Å². The third kappa shape index (κ3) is 1.48. The first-order valence-corrected chi connectivity index (χ1v) is 6.34. The van der Waals surface area contributed by atoms with E-state index in [9.17, 15) is 4.79 Å².